The summed E-state index contributed by atoms with van der Waals surface area (Å²) < 4.78 is 0. The lowest BCUT2D eigenvalue weighted by Gasteiger charge is -2.25. The smallest absolute Gasteiger partial charge is 0.0766 e. The van der Waals surface area contributed by atoms with E-state index in [4.69, 9.17) is 0 Å². The summed E-state index contributed by atoms with van der Waals surface area (Å²) in [6, 6.07) is 0. The Morgan fingerprint density at radius 2 is 1.79 bits per heavy atom. The van der Waals surface area contributed by atoms with Gasteiger partial charge < -0.3 is 10.4 Å². The molecule has 0 saturated carbocycles. The van der Waals surface area contributed by atoms with E-state index in [-0.39, 0.29) is 0 Å². The molecule has 0 fully saturated rings. The van der Waals surface area contributed by atoms with E-state index in [2.05, 4.69) is 19.2 Å². The molecular formula is C12H27NO. The molecule has 0 aliphatic carbocycles. The lowest BCUT2D eigenvalue weighted by atomic mass is 9.97. The van der Waals surface area contributed by atoms with E-state index in [1.54, 1.807) is 0 Å². The minimum atomic E-state index is -0.488. The van der Waals surface area contributed by atoms with Crippen LogP contribution >= 0.6 is 0 Å². The first kappa shape index (κ1) is 13.9. The third-order valence-corrected chi connectivity index (χ3v) is 2.91. The molecule has 86 valence electrons. The van der Waals surface area contributed by atoms with Crippen LogP contribution in [0.4, 0.5) is 0 Å². The van der Waals surface area contributed by atoms with Crippen molar-refractivity contribution in [3.63, 3.8) is 0 Å². The molecule has 2 nitrogen and oxygen atoms in total. The number of nitrogens with one attached hydrogen (secondary N) is 1. The van der Waals surface area contributed by atoms with Gasteiger partial charge in [-0.1, -0.05) is 27.7 Å². The van der Waals surface area contributed by atoms with Gasteiger partial charge in [0.25, 0.3) is 0 Å². The van der Waals surface area contributed by atoms with E-state index in [0.29, 0.717) is 0 Å². The molecule has 0 aromatic carbocycles. The SMILES string of the molecule is CCC(O)(CC)CNCCCC(C)C. The van der Waals surface area contributed by atoms with Crippen molar-refractivity contribution in [2.45, 2.75) is 59.0 Å². The molecule has 0 radical (unpaired) electrons. The van der Waals surface area contributed by atoms with Crippen molar-refractivity contribution in [1.29, 1.82) is 0 Å². The first-order valence-electron chi connectivity index (χ1n) is 5.97. The summed E-state index contributed by atoms with van der Waals surface area (Å²) in [5, 5.41) is 13.3. The van der Waals surface area contributed by atoms with Gasteiger partial charge in [0.15, 0.2) is 0 Å². The molecule has 2 heteroatoms. The molecule has 0 bridgehead atoms. The maximum Gasteiger partial charge on any atom is 0.0766 e. The zero-order valence-electron chi connectivity index (χ0n) is 10.3. The third-order valence-electron chi connectivity index (χ3n) is 2.91. The lowest BCUT2D eigenvalue weighted by molar-refractivity contribution is 0.0326. The highest BCUT2D eigenvalue weighted by molar-refractivity contribution is 4.77. The second-order valence-electron chi connectivity index (χ2n) is 4.64. The molecule has 0 atom stereocenters. The third kappa shape index (κ3) is 6.39. The predicted molar refractivity (Wildman–Crippen MR) is 62.5 cm³/mol. The van der Waals surface area contributed by atoms with Crippen LogP contribution in [0.3, 0.4) is 0 Å². The molecule has 0 heterocycles. The van der Waals surface area contributed by atoms with Crippen molar-refractivity contribution in [2.24, 2.45) is 5.92 Å². The van der Waals surface area contributed by atoms with Gasteiger partial charge in [-0.05, 0) is 38.1 Å². The Kier molecular flexibility index (Phi) is 7.20. The zero-order valence-corrected chi connectivity index (χ0v) is 10.3. The van der Waals surface area contributed by atoms with Crippen LogP contribution < -0.4 is 5.32 Å². The summed E-state index contributed by atoms with van der Waals surface area (Å²) in [5.41, 5.74) is -0.488. The van der Waals surface area contributed by atoms with Crippen LogP contribution in [0.2, 0.25) is 0 Å². The van der Waals surface area contributed by atoms with Gasteiger partial charge in [0.1, 0.15) is 0 Å². The molecule has 0 aromatic rings. The molecular weight excluding hydrogens is 174 g/mol. The Labute approximate surface area is 89.1 Å². The Morgan fingerprint density at radius 3 is 2.21 bits per heavy atom. The van der Waals surface area contributed by atoms with Crippen LogP contribution in [0.25, 0.3) is 0 Å². The van der Waals surface area contributed by atoms with Gasteiger partial charge in [-0.2, -0.15) is 0 Å². The topological polar surface area (TPSA) is 32.3 Å². The van der Waals surface area contributed by atoms with Crippen LogP contribution in [0.15, 0.2) is 0 Å². The highest BCUT2D eigenvalue weighted by Gasteiger charge is 2.20. The van der Waals surface area contributed by atoms with Crippen molar-refractivity contribution >= 4 is 0 Å². The fourth-order valence-electron chi connectivity index (χ4n) is 1.46. The molecule has 0 rings (SSSR count). The number of aliphatic hydroxyl groups is 1. The number of rotatable bonds is 8. The van der Waals surface area contributed by atoms with Crippen LogP contribution in [0, 0.1) is 5.92 Å². The lowest BCUT2D eigenvalue weighted by Crippen LogP contribution is -2.39. The Hall–Kier alpha value is -0.0800. The molecule has 2 N–H and O–H groups in total. The average molecular weight is 201 g/mol. The van der Waals surface area contributed by atoms with Crippen LogP contribution in [0.1, 0.15) is 53.4 Å². The molecule has 0 unspecified atom stereocenters. The zero-order chi connectivity index (χ0) is 11.0. The van der Waals surface area contributed by atoms with E-state index < -0.39 is 5.60 Å². The van der Waals surface area contributed by atoms with Gasteiger partial charge in [0.2, 0.25) is 0 Å². The largest absolute Gasteiger partial charge is 0.389 e. The van der Waals surface area contributed by atoms with Gasteiger partial charge in [-0.15, -0.1) is 0 Å². The van der Waals surface area contributed by atoms with Crippen LogP contribution in [-0.2, 0) is 0 Å². The second kappa shape index (κ2) is 7.24. The Morgan fingerprint density at radius 1 is 1.21 bits per heavy atom. The van der Waals surface area contributed by atoms with Crippen molar-refractivity contribution < 1.29 is 5.11 Å². The van der Waals surface area contributed by atoms with Crippen LogP contribution in [-0.4, -0.2) is 23.8 Å². The Balaban J connectivity index is 3.43. The minimum Gasteiger partial charge on any atom is -0.389 e. The van der Waals surface area contributed by atoms with Gasteiger partial charge in [-0.25, -0.2) is 0 Å². The standard InChI is InChI=1S/C12H27NO/c1-5-12(14,6-2)10-13-9-7-8-11(3)4/h11,13-14H,5-10H2,1-4H3. The molecule has 0 saturated heterocycles. The maximum absolute atomic E-state index is 9.97. The van der Waals surface area contributed by atoms with Crippen LogP contribution in [0.5, 0.6) is 0 Å². The van der Waals surface area contributed by atoms with E-state index in [9.17, 15) is 5.11 Å². The summed E-state index contributed by atoms with van der Waals surface area (Å²) in [6.07, 6.45) is 4.15. The van der Waals surface area contributed by atoms with E-state index in [1.165, 1.54) is 12.8 Å². The second-order valence-corrected chi connectivity index (χ2v) is 4.64. The van der Waals surface area contributed by atoms with Gasteiger partial charge in [-0.3, -0.25) is 0 Å². The summed E-state index contributed by atoms with van der Waals surface area (Å²) in [5.74, 6) is 0.785. The van der Waals surface area contributed by atoms with Gasteiger partial charge >= 0.3 is 0 Å². The summed E-state index contributed by atoms with van der Waals surface area (Å²) in [6.45, 7) is 10.3. The summed E-state index contributed by atoms with van der Waals surface area (Å²) >= 11 is 0. The van der Waals surface area contributed by atoms with Gasteiger partial charge in [0.05, 0.1) is 5.60 Å². The van der Waals surface area contributed by atoms with Crippen molar-refractivity contribution in [1.82, 2.24) is 5.32 Å². The highest BCUT2D eigenvalue weighted by atomic mass is 16.3. The number of hydrogen-bond acceptors (Lipinski definition) is 2. The normalized spacial score (nSPS) is 12.4. The Bertz CT molecular complexity index is 130. The molecule has 0 amide bonds. The quantitative estimate of drug-likeness (QED) is 0.592. The minimum absolute atomic E-state index is 0.488. The van der Waals surface area contributed by atoms with Crippen molar-refractivity contribution in [2.75, 3.05) is 13.1 Å². The summed E-state index contributed by atoms with van der Waals surface area (Å²) in [4.78, 5) is 0. The predicted octanol–water partition coefficient (Wildman–Crippen LogP) is 2.56. The average Bonchev–Trinajstić information content (AvgIpc) is 2.16. The highest BCUT2D eigenvalue weighted by Crippen LogP contribution is 2.12. The first-order chi connectivity index (χ1) is 6.54. The fourth-order valence-corrected chi connectivity index (χ4v) is 1.46. The fraction of sp³-hybridized carbons (Fsp3) is 1.00. The molecule has 0 aliphatic heterocycles. The molecule has 0 aromatic heterocycles. The monoisotopic (exact) mass is 201 g/mol. The molecule has 0 aliphatic rings. The maximum atomic E-state index is 9.97. The van der Waals surface area contributed by atoms with E-state index in [0.717, 1.165) is 31.8 Å². The molecule has 14 heavy (non-hydrogen) atoms. The van der Waals surface area contributed by atoms with Gasteiger partial charge in [0, 0.05) is 6.54 Å². The first-order valence-corrected chi connectivity index (χ1v) is 5.97. The van der Waals surface area contributed by atoms with E-state index in [1.807, 2.05) is 13.8 Å². The van der Waals surface area contributed by atoms with Crippen molar-refractivity contribution in [3.05, 3.63) is 0 Å². The number of hydrogen-bond donors (Lipinski definition) is 2. The van der Waals surface area contributed by atoms with Crippen molar-refractivity contribution in [3.8, 4) is 0 Å². The molecule has 0 spiro atoms. The van der Waals surface area contributed by atoms with E-state index >= 15 is 0 Å². The summed E-state index contributed by atoms with van der Waals surface area (Å²) in [7, 11) is 0.